The van der Waals surface area contributed by atoms with E-state index in [-0.39, 0.29) is 42.3 Å². The first-order valence-electron chi connectivity index (χ1n) is 16.2. The second kappa shape index (κ2) is 15.9. The molecule has 0 bridgehead atoms. The first kappa shape index (κ1) is 36.0. The van der Waals surface area contributed by atoms with Gasteiger partial charge in [-0.05, 0) is 104 Å². The highest BCUT2D eigenvalue weighted by molar-refractivity contribution is 6.17. The van der Waals surface area contributed by atoms with E-state index in [1.54, 1.807) is 60.5 Å². The minimum absolute atomic E-state index is 0. The monoisotopic (exact) mass is 697 g/mol. The van der Waals surface area contributed by atoms with Crippen LogP contribution in [0.4, 0.5) is 11.5 Å². The molecule has 1 aliphatic rings. The Kier molecular flexibility index (Phi) is 11.5. The van der Waals surface area contributed by atoms with Gasteiger partial charge in [-0.2, -0.15) is 10.3 Å². The van der Waals surface area contributed by atoms with Gasteiger partial charge in [-0.1, -0.05) is 24.3 Å². The van der Waals surface area contributed by atoms with Crippen LogP contribution in [-0.4, -0.2) is 65.7 Å². The maximum atomic E-state index is 14.0. The fourth-order valence-electron chi connectivity index (χ4n) is 6.21. The molecule has 3 amide bonds. The molecule has 0 unspecified atom stereocenters. The molecule has 1 atom stereocenters. The summed E-state index contributed by atoms with van der Waals surface area (Å²) in [6.07, 6.45) is 6.68. The van der Waals surface area contributed by atoms with Gasteiger partial charge in [0.1, 0.15) is 5.69 Å². The summed E-state index contributed by atoms with van der Waals surface area (Å²) in [5, 5.41) is 21.0. The van der Waals surface area contributed by atoms with Crippen LogP contribution >= 0.6 is 12.4 Å². The number of H-pyrrole nitrogens is 1. The fourth-order valence-corrected chi connectivity index (χ4v) is 6.21. The van der Waals surface area contributed by atoms with Gasteiger partial charge in [0.05, 0.1) is 11.7 Å². The zero-order chi connectivity index (χ0) is 34.5. The van der Waals surface area contributed by atoms with Crippen LogP contribution in [0.3, 0.4) is 0 Å². The van der Waals surface area contributed by atoms with Crippen molar-refractivity contribution in [1.29, 1.82) is 0 Å². The normalized spacial score (nSPS) is 16.2. The molecule has 3 heterocycles. The number of hydrogen-bond acceptors (Lipinski definition) is 10. The standard InChI is InChI=1S/C35H39N11O3.ClH/c1-21-17-30(33(47)39-31-15-16-45(2)42-31)38-20-28(21)24-7-3-22(4-8-24)18-29(37)35(49)46(34(48)26-9-5-23(19-36)6-10-26)27-13-11-25(12-14-27)32-40-43-44-41-32;/h3-4,7-8,11-17,20,23,26,29H,5-6,9-10,18-19,36-37H2,1-2H3,(H,39,42,47)(H,40,41,43,44);1H/t23?,26?,29-;/m0./s1. The molecule has 0 saturated heterocycles. The van der Waals surface area contributed by atoms with Crippen molar-refractivity contribution in [2.75, 3.05) is 16.8 Å². The number of carbonyl (C=O) groups is 3. The van der Waals surface area contributed by atoms with E-state index >= 15 is 0 Å². The van der Waals surface area contributed by atoms with Crippen LogP contribution in [0.25, 0.3) is 22.5 Å². The average molecular weight is 698 g/mol. The lowest BCUT2D eigenvalue weighted by Crippen LogP contribution is -2.50. The van der Waals surface area contributed by atoms with Crippen molar-refractivity contribution >= 4 is 41.6 Å². The predicted octanol–water partition coefficient (Wildman–Crippen LogP) is 3.84. The number of imide groups is 1. The van der Waals surface area contributed by atoms with Gasteiger partial charge in [0, 0.05) is 42.6 Å². The van der Waals surface area contributed by atoms with Crippen molar-refractivity contribution in [1.82, 2.24) is 35.4 Å². The largest absolute Gasteiger partial charge is 0.330 e. The molecule has 6 rings (SSSR count). The maximum absolute atomic E-state index is 14.0. The van der Waals surface area contributed by atoms with Crippen LogP contribution in [0.1, 0.15) is 47.3 Å². The molecule has 0 aliphatic heterocycles. The van der Waals surface area contributed by atoms with Crippen molar-refractivity contribution < 1.29 is 14.4 Å². The van der Waals surface area contributed by atoms with Crippen molar-refractivity contribution in [2.24, 2.45) is 30.4 Å². The topological polar surface area (TPSA) is 204 Å². The Morgan fingerprint density at radius 2 is 1.72 bits per heavy atom. The number of nitrogens with one attached hydrogen (secondary N) is 2. The molecule has 1 aliphatic carbocycles. The third kappa shape index (κ3) is 8.10. The van der Waals surface area contributed by atoms with E-state index < -0.39 is 11.9 Å². The number of pyridine rings is 1. The number of tetrazole rings is 1. The van der Waals surface area contributed by atoms with Gasteiger partial charge in [0.25, 0.3) is 11.8 Å². The second-order valence-electron chi connectivity index (χ2n) is 12.5. The first-order chi connectivity index (χ1) is 23.7. The summed E-state index contributed by atoms with van der Waals surface area (Å²) in [5.74, 6) is -0.115. The number of nitrogens with zero attached hydrogens (tertiary/aromatic N) is 7. The first-order valence-corrected chi connectivity index (χ1v) is 16.2. The van der Waals surface area contributed by atoms with Gasteiger partial charge in [0.15, 0.2) is 5.82 Å². The lowest BCUT2D eigenvalue weighted by atomic mass is 9.81. The number of aromatic nitrogens is 7. The Morgan fingerprint density at radius 1 is 1.02 bits per heavy atom. The van der Waals surface area contributed by atoms with Crippen LogP contribution in [0.15, 0.2) is 73.1 Å². The summed E-state index contributed by atoms with van der Waals surface area (Å²) in [4.78, 5) is 46.2. The highest BCUT2D eigenvalue weighted by Crippen LogP contribution is 2.32. The highest BCUT2D eigenvalue weighted by atomic mass is 35.5. The summed E-state index contributed by atoms with van der Waals surface area (Å²) in [6.45, 7) is 2.51. The van der Waals surface area contributed by atoms with Crippen LogP contribution in [0.2, 0.25) is 0 Å². The molecule has 14 nitrogen and oxygen atoms in total. The van der Waals surface area contributed by atoms with E-state index in [1.165, 1.54) is 4.90 Å². The molecule has 50 heavy (non-hydrogen) atoms. The molecule has 3 aromatic heterocycles. The zero-order valence-corrected chi connectivity index (χ0v) is 28.6. The van der Waals surface area contributed by atoms with Crippen molar-refractivity contribution in [2.45, 2.75) is 45.1 Å². The van der Waals surface area contributed by atoms with E-state index in [2.05, 4.69) is 36.0 Å². The number of halogens is 1. The molecule has 1 saturated carbocycles. The molecule has 0 radical (unpaired) electrons. The number of rotatable bonds is 10. The van der Waals surface area contributed by atoms with E-state index in [0.29, 0.717) is 48.2 Å². The fraction of sp³-hybridized carbons (Fsp3) is 0.314. The number of aromatic amines is 1. The number of carbonyl (C=O) groups excluding carboxylic acids is 3. The molecular formula is C35H40ClN11O3. The number of aryl methyl sites for hydroxylation is 2. The summed E-state index contributed by atoms with van der Waals surface area (Å²) >= 11 is 0. The Morgan fingerprint density at radius 3 is 2.32 bits per heavy atom. The van der Waals surface area contributed by atoms with Gasteiger partial charge in [-0.15, -0.1) is 22.6 Å². The molecular weight excluding hydrogens is 658 g/mol. The molecule has 15 heteroatoms. The number of nitrogens with two attached hydrogens (primary N) is 2. The summed E-state index contributed by atoms with van der Waals surface area (Å²) < 4.78 is 1.60. The second-order valence-corrected chi connectivity index (χ2v) is 12.5. The van der Waals surface area contributed by atoms with Crippen molar-refractivity contribution in [3.05, 3.63) is 89.9 Å². The van der Waals surface area contributed by atoms with Gasteiger partial charge in [0.2, 0.25) is 11.7 Å². The summed E-state index contributed by atoms with van der Waals surface area (Å²) in [5.41, 5.74) is 17.3. The number of benzene rings is 2. The number of amides is 3. The number of hydrogen-bond donors (Lipinski definition) is 4. The van der Waals surface area contributed by atoms with E-state index in [9.17, 15) is 14.4 Å². The van der Waals surface area contributed by atoms with Gasteiger partial charge in [-0.3, -0.25) is 24.0 Å². The quantitative estimate of drug-likeness (QED) is 0.166. The van der Waals surface area contributed by atoms with Crippen LogP contribution in [0, 0.1) is 18.8 Å². The summed E-state index contributed by atoms with van der Waals surface area (Å²) in [7, 11) is 1.77. The minimum atomic E-state index is -0.965. The maximum Gasteiger partial charge on any atom is 0.275 e. The lowest BCUT2D eigenvalue weighted by molar-refractivity contribution is -0.130. The third-order valence-corrected chi connectivity index (χ3v) is 9.04. The molecule has 5 aromatic rings. The zero-order valence-electron chi connectivity index (χ0n) is 27.8. The van der Waals surface area contributed by atoms with Crippen molar-refractivity contribution in [3.8, 4) is 22.5 Å². The lowest BCUT2D eigenvalue weighted by Gasteiger charge is -2.32. The highest BCUT2D eigenvalue weighted by Gasteiger charge is 2.35. The predicted molar refractivity (Wildman–Crippen MR) is 191 cm³/mol. The average Bonchev–Trinajstić information content (AvgIpc) is 3.81. The van der Waals surface area contributed by atoms with Crippen LogP contribution < -0.4 is 21.7 Å². The Bertz CT molecular complexity index is 1920. The van der Waals surface area contributed by atoms with Gasteiger partial charge >= 0.3 is 0 Å². The van der Waals surface area contributed by atoms with E-state index in [1.807, 2.05) is 31.2 Å². The van der Waals surface area contributed by atoms with Crippen LogP contribution in [-0.2, 0) is 23.1 Å². The van der Waals surface area contributed by atoms with E-state index in [0.717, 1.165) is 35.1 Å². The Hall–Kier alpha value is -5.31. The van der Waals surface area contributed by atoms with Crippen molar-refractivity contribution in [3.63, 3.8) is 0 Å². The Labute approximate surface area is 295 Å². The molecule has 2 aromatic carbocycles. The van der Waals surface area contributed by atoms with Gasteiger partial charge < -0.3 is 16.8 Å². The molecule has 0 spiro atoms. The smallest absolute Gasteiger partial charge is 0.275 e. The minimum Gasteiger partial charge on any atom is -0.330 e. The van der Waals surface area contributed by atoms with E-state index in [4.69, 9.17) is 11.5 Å². The SMILES string of the molecule is Cc1cc(C(=O)Nc2ccn(C)n2)ncc1-c1ccc(C[C@H](N)C(=O)N(C(=O)C2CCC(CN)CC2)c2ccc(-c3nn[nH]n3)cc2)cc1.Cl. The third-order valence-electron chi connectivity index (χ3n) is 9.04. The molecule has 260 valence electrons. The molecule has 6 N–H and O–H groups in total. The van der Waals surface area contributed by atoms with Crippen LogP contribution in [0.5, 0.6) is 0 Å². The molecule has 1 fully saturated rings. The summed E-state index contributed by atoms with van der Waals surface area (Å²) in [6, 6.07) is 17.1. The Balaban J connectivity index is 0.00000486. The number of anilines is 2. The van der Waals surface area contributed by atoms with Gasteiger partial charge in [-0.25, -0.2) is 4.90 Å².